The normalized spacial score (nSPS) is 14.8. The number of imidazole rings is 1. The second-order valence-electron chi connectivity index (χ2n) is 7.99. The maximum absolute atomic E-state index is 13.0. The quantitative estimate of drug-likeness (QED) is 0.411. The number of thiazole rings is 1. The van der Waals surface area contributed by atoms with Crippen molar-refractivity contribution < 1.29 is 9.53 Å². The molecule has 0 saturated carbocycles. The molecule has 7 nitrogen and oxygen atoms in total. The minimum atomic E-state index is -0.128. The Hall–Kier alpha value is -3.56. The Balaban J connectivity index is 1.19. The fraction of sp³-hybridized carbons (Fsp3) is 0.160. The number of hydrogen-bond acceptors (Lipinski definition) is 7. The second-order valence-corrected chi connectivity index (χ2v) is 9.81. The highest BCUT2D eigenvalue weighted by atomic mass is 32.2. The minimum Gasteiger partial charge on any atom is -0.497 e. The third kappa shape index (κ3) is 3.57. The standard InChI is InChI=1S/C25H21N5O2S2/c1-15-22(34-25-28-20(13-30(15)25)16-5-9-19(32-2)10-6-16)23(31)27-18-7-3-17(4-8-18)21-14-33-24-26-11-12-29(21)24/h3-10,13-14H,11-12H2,1-2H3,(H,27,31). The number of amides is 1. The average molecular weight is 488 g/mol. The predicted molar refractivity (Wildman–Crippen MR) is 139 cm³/mol. The van der Waals surface area contributed by atoms with Crippen LogP contribution in [0.3, 0.4) is 0 Å². The molecule has 0 saturated heterocycles. The summed E-state index contributed by atoms with van der Waals surface area (Å²) in [6, 6.07) is 15.8. The van der Waals surface area contributed by atoms with E-state index in [2.05, 4.69) is 20.6 Å². The number of rotatable bonds is 5. The first-order valence-corrected chi connectivity index (χ1v) is 12.5. The van der Waals surface area contributed by atoms with Gasteiger partial charge in [-0.3, -0.25) is 14.2 Å². The number of anilines is 1. The van der Waals surface area contributed by atoms with E-state index in [-0.39, 0.29) is 5.91 Å². The van der Waals surface area contributed by atoms with Crippen molar-refractivity contribution >= 4 is 50.5 Å². The van der Waals surface area contributed by atoms with Gasteiger partial charge in [0.05, 0.1) is 25.0 Å². The molecule has 0 fully saturated rings. The molecule has 1 amide bonds. The summed E-state index contributed by atoms with van der Waals surface area (Å²) in [5, 5.41) is 6.23. The van der Waals surface area contributed by atoms with Gasteiger partial charge in [0, 0.05) is 35.1 Å². The van der Waals surface area contributed by atoms with Gasteiger partial charge in [-0.05, 0) is 48.9 Å². The molecule has 2 aliphatic heterocycles. The number of aliphatic imine (C=N–C) groups is 1. The molecule has 2 aliphatic rings. The van der Waals surface area contributed by atoms with Crippen LogP contribution in [0.25, 0.3) is 21.9 Å². The van der Waals surface area contributed by atoms with E-state index in [1.807, 2.05) is 66.1 Å². The topological polar surface area (TPSA) is 71.2 Å². The lowest BCUT2D eigenvalue weighted by atomic mass is 10.1. The lowest BCUT2D eigenvalue weighted by Gasteiger charge is -2.16. The lowest BCUT2D eigenvalue weighted by Crippen LogP contribution is -2.19. The van der Waals surface area contributed by atoms with Gasteiger partial charge >= 0.3 is 0 Å². The molecule has 0 unspecified atom stereocenters. The van der Waals surface area contributed by atoms with Gasteiger partial charge in [-0.15, -0.1) is 0 Å². The van der Waals surface area contributed by atoms with Crippen molar-refractivity contribution in [1.29, 1.82) is 0 Å². The molecule has 1 N–H and O–H groups in total. The smallest absolute Gasteiger partial charge is 0.267 e. The second kappa shape index (κ2) is 8.34. The number of amidine groups is 1. The zero-order valence-corrected chi connectivity index (χ0v) is 20.2. The van der Waals surface area contributed by atoms with E-state index < -0.39 is 0 Å². The number of carbonyl (C=O) groups is 1. The molecule has 34 heavy (non-hydrogen) atoms. The number of carbonyl (C=O) groups excluding carboxylic acids is 1. The molecular formula is C25H21N5O2S2. The Morgan fingerprint density at radius 1 is 1.09 bits per heavy atom. The van der Waals surface area contributed by atoms with Crippen LogP contribution in [0.2, 0.25) is 0 Å². The number of aryl methyl sites for hydroxylation is 1. The third-order valence-corrected chi connectivity index (χ3v) is 8.01. The van der Waals surface area contributed by atoms with Crippen molar-refractivity contribution in [2.24, 2.45) is 4.99 Å². The van der Waals surface area contributed by atoms with Crippen LogP contribution in [-0.2, 0) is 0 Å². The third-order valence-electron chi connectivity index (χ3n) is 5.96. The lowest BCUT2D eigenvalue weighted by molar-refractivity contribution is 0.102. The predicted octanol–water partition coefficient (Wildman–Crippen LogP) is 5.35. The van der Waals surface area contributed by atoms with Crippen LogP contribution >= 0.6 is 23.1 Å². The van der Waals surface area contributed by atoms with Gasteiger partial charge in [0.25, 0.3) is 5.91 Å². The average Bonchev–Trinajstić information content (AvgIpc) is 3.62. The summed E-state index contributed by atoms with van der Waals surface area (Å²) in [7, 11) is 1.65. The van der Waals surface area contributed by atoms with Gasteiger partial charge in [0.2, 0.25) is 0 Å². The van der Waals surface area contributed by atoms with E-state index in [1.54, 1.807) is 18.9 Å². The van der Waals surface area contributed by atoms with E-state index in [0.29, 0.717) is 4.88 Å². The summed E-state index contributed by atoms with van der Waals surface area (Å²) in [4.78, 5) is 25.9. The summed E-state index contributed by atoms with van der Waals surface area (Å²) in [5.74, 6) is 0.679. The van der Waals surface area contributed by atoms with E-state index in [0.717, 1.165) is 57.2 Å². The maximum atomic E-state index is 13.0. The van der Waals surface area contributed by atoms with Crippen molar-refractivity contribution in [2.75, 3.05) is 25.5 Å². The summed E-state index contributed by atoms with van der Waals surface area (Å²) in [6.07, 6.45) is 1.97. The minimum absolute atomic E-state index is 0.128. The molecule has 0 spiro atoms. The van der Waals surface area contributed by atoms with Gasteiger partial charge < -0.3 is 15.0 Å². The number of thioether (sulfide) groups is 1. The van der Waals surface area contributed by atoms with Gasteiger partial charge in [-0.25, -0.2) is 4.98 Å². The zero-order valence-electron chi connectivity index (χ0n) is 18.6. The van der Waals surface area contributed by atoms with E-state index in [4.69, 9.17) is 9.72 Å². The van der Waals surface area contributed by atoms with Crippen LogP contribution < -0.4 is 10.1 Å². The van der Waals surface area contributed by atoms with Crippen LogP contribution in [0.15, 0.2) is 65.1 Å². The Morgan fingerprint density at radius 2 is 1.85 bits per heavy atom. The molecule has 0 bridgehead atoms. The SMILES string of the molecule is COc1ccc(-c2cn3c(C)c(C(=O)Nc4ccc(C5=CSC6=NCCN56)cc4)sc3n2)cc1. The number of nitrogens with zero attached hydrogens (tertiary/aromatic N) is 4. The molecule has 2 aromatic heterocycles. The Labute approximate surface area is 204 Å². The van der Waals surface area contributed by atoms with Crippen LogP contribution in [0.5, 0.6) is 5.75 Å². The first kappa shape index (κ1) is 21.0. The number of benzene rings is 2. The van der Waals surface area contributed by atoms with E-state index in [1.165, 1.54) is 17.0 Å². The molecule has 4 heterocycles. The van der Waals surface area contributed by atoms with Crippen molar-refractivity contribution in [3.8, 4) is 17.0 Å². The van der Waals surface area contributed by atoms with Gasteiger partial charge in [0.15, 0.2) is 10.1 Å². The fourth-order valence-electron chi connectivity index (χ4n) is 4.12. The van der Waals surface area contributed by atoms with Crippen LogP contribution in [0.4, 0.5) is 5.69 Å². The maximum Gasteiger partial charge on any atom is 0.267 e. The Bertz CT molecular complexity index is 1470. The summed E-state index contributed by atoms with van der Waals surface area (Å²) < 4.78 is 7.20. The molecular weight excluding hydrogens is 466 g/mol. The van der Waals surface area contributed by atoms with Crippen molar-refractivity contribution in [1.82, 2.24) is 14.3 Å². The number of ether oxygens (including phenoxy) is 1. The van der Waals surface area contributed by atoms with Crippen LogP contribution in [-0.4, -0.2) is 45.6 Å². The highest BCUT2D eigenvalue weighted by Gasteiger charge is 2.27. The number of methoxy groups -OCH3 is 1. The largest absolute Gasteiger partial charge is 0.497 e. The summed E-state index contributed by atoms with van der Waals surface area (Å²) in [6.45, 7) is 3.71. The van der Waals surface area contributed by atoms with E-state index >= 15 is 0 Å². The number of fused-ring (bicyclic) bond motifs is 2. The Kier molecular flexibility index (Phi) is 5.15. The molecule has 0 aliphatic carbocycles. The molecule has 6 rings (SSSR count). The number of nitrogens with one attached hydrogen (secondary N) is 1. The van der Waals surface area contributed by atoms with Crippen molar-refractivity contribution in [3.05, 3.63) is 76.3 Å². The molecule has 170 valence electrons. The molecule has 9 heteroatoms. The zero-order chi connectivity index (χ0) is 23.2. The highest BCUT2D eigenvalue weighted by molar-refractivity contribution is 8.16. The van der Waals surface area contributed by atoms with Gasteiger partial charge in [-0.1, -0.05) is 35.2 Å². The monoisotopic (exact) mass is 487 g/mol. The summed E-state index contributed by atoms with van der Waals surface area (Å²) >= 11 is 3.06. The van der Waals surface area contributed by atoms with Crippen LogP contribution in [0, 0.1) is 6.92 Å². The van der Waals surface area contributed by atoms with Crippen molar-refractivity contribution in [2.45, 2.75) is 6.92 Å². The Morgan fingerprint density at radius 3 is 2.59 bits per heavy atom. The molecule has 4 aromatic rings. The van der Waals surface area contributed by atoms with Crippen LogP contribution in [0.1, 0.15) is 20.9 Å². The van der Waals surface area contributed by atoms with E-state index in [9.17, 15) is 4.79 Å². The van der Waals surface area contributed by atoms with Gasteiger partial charge in [-0.2, -0.15) is 0 Å². The van der Waals surface area contributed by atoms with Gasteiger partial charge in [0.1, 0.15) is 10.6 Å². The summed E-state index contributed by atoms with van der Waals surface area (Å²) in [5.41, 5.74) is 5.79. The number of aromatic nitrogens is 2. The molecule has 0 atom stereocenters. The number of hydrogen-bond donors (Lipinski definition) is 1. The molecule has 2 aromatic carbocycles. The first-order chi connectivity index (χ1) is 16.6. The molecule has 0 radical (unpaired) electrons. The van der Waals surface area contributed by atoms with Crippen molar-refractivity contribution in [3.63, 3.8) is 0 Å². The fourth-order valence-corrected chi connectivity index (χ4v) is 6.09. The first-order valence-electron chi connectivity index (χ1n) is 10.8. The highest BCUT2D eigenvalue weighted by Crippen LogP contribution is 2.35.